The van der Waals surface area contributed by atoms with E-state index in [1.807, 2.05) is 0 Å². The molecule has 0 bridgehead atoms. The Kier molecular flexibility index (Phi) is 5.78. The predicted molar refractivity (Wildman–Crippen MR) is 138 cm³/mol. The first kappa shape index (κ1) is 21.2. The van der Waals surface area contributed by atoms with Crippen molar-refractivity contribution in [2.75, 3.05) is 36.0 Å². The van der Waals surface area contributed by atoms with E-state index in [1.54, 1.807) is 11.3 Å². The van der Waals surface area contributed by atoms with Gasteiger partial charge in [-0.2, -0.15) is 4.98 Å². The van der Waals surface area contributed by atoms with E-state index in [4.69, 9.17) is 16.6 Å². The topological polar surface area (TPSA) is 32.3 Å². The molecule has 6 heteroatoms. The van der Waals surface area contributed by atoms with Crippen molar-refractivity contribution in [3.05, 3.63) is 69.8 Å². The van der Waals surface area contributed by atoms with Gasteiger partial charge in [-0.25, -0.2) is 4.98 Å². The average molecular weight is 463 g/mol. The number of halogens is 1. The zero-order valence-corrected chi connectivity index (χ0v) is 20.3. The maximum atomic E-state index is 6.40. The van der Waals surface area contributed by atoms with Gasteiger partial charge < -0.3 is 9.80 Å². The van der Waals surface area contributed by atoms with Gasteiger partial charge >= 0.3 is 0 Å². The Hall–Kier alpha value is -2.63. The fraction of sp³-hybridized carbons (Fsp3) is 0.308. The average Bonchev–Trinajstić information content (AvgIpc) is 3.17. The van der Waals surface area contributed by atoms with Gasteiger partial charge in [-0.3, -0.25) is 0 Å². The van der Waals surface area contributed by atoms with E-state index in [0.717, 1.165) is 48.6 Å². The first-order chi connectivity index (χ1) is 15.5. The van der Waals surface area contributed by atoms with Crippen LogP contribution in [-0.2, 0) is 6.42 Å². The van der Waals surface area contributed by atoms with Crippen molar-refractivity contribution in [3.8, 4) is 11.1 Å². The molecule has 0 atom stereocenters. The second-order valence-electron chi connectivity index (χ2n) is 8.43. The SMILES string of the molecule is CCc1sc2nc(Cl)nc(N3CCN(c4cccc(C)c4)CC3)c2c1-c1ccc(C)cc1. The normalized spacial score (nSPS) is 14.4. The first-order valence-corrected chi connectivity index (χ1v) is 12.4. The molecule has 0 amide bonds. The van der Waals surface area contributed by atoms with Gasteiger partial charge in [0.25, 0.3) is 0 Å². The van der Waals surface area contributed by atoms with Crippen molar-refractivity contribution in [1.82, 2.24) is 9.97 Å². The predicted octanol–water partition coefficient (Wildman–Crippen LogP) is 6.52. The molecule has 1 aliphatic heterocycles. The molecule has 4 aromatic rings. The Morgan fingerprint density at radius 2 is 1.62 bits per heavy atom. The van der Waals surface area contributed by atoms with E-state index in [1.165, 1.54) is 32.8 Å². The summed E-state index contributed by atoms with van der Waals surface area (Å²) in [6.07, 6.45) is 0.961. The number of hydrogen-bond acceptors (Lipinski definition) is 5. The Balaban J connectivity index is 1.54. The van der Waals surface area contributed by atoms with Crippen LogP contribution in [0.1, 0.15) is 22.9 Å². The number of nitrogens with zero attached hydrogens (tertiary/aromatic N) is 4. The Labute approximate surface area is 198 Å². The highest BCUT2D eigenvalue weighted by molar-refractivity contribution is 7.19. The van der Waals surface area contributed by atoms with Gasteiger partial charge in [-0.05, 0) is 55.1 Å². The molecule has 1 fully saturated rings. The number of thiophene rings is 1. The fourth-order valence-electron chi connectivity index (χ4n) is 4.51. The number of aryl methyl sites for hydroxylation is 3. The largest absolute Gasteiger partial charge is 0.368 e. The second kappa shape index (κ2) is 8.72. The van der Waals surface area contributed by atoms with Gasteiger partial charge in [0.15, 0.2) is 0 Å². The van der Waals surface area contributed by atoms with Crippen molar-refractivity contribution in [2.45, 2.75) is 27.2 Å². The molecule has 3 heterocycles. The number of rotatable bonds is 4. The van der Waals surface area contributed by atoms with Crippen LogP contribution >= 0.6 is 22.9 Å². The van der Waals surface area contributed by atoms with Gasteiger partial charge in [-0.1, -0.05) is 48.9 Å². The van der Waals surface area contributed by atoms with E-state index in [-0.39, 0.29) is 0 Å². The van der Waals surface area contributed by atoms with Gasteiger partial charge in [0.2, 0.25) is 5.28 Å². The van der Waals surface area contributed by atoms with Crippen LogP contribution in [0.3, 0.4) is 0 Å². The quantitative estimate of drug-likeness (QED) is 0.323. The van der Waals surface area contributed by atoms with Crippen LogP contribution in [0.5, 0.6) is 0 Å². The van der Waals surface area contributed by atoms with Crippen LogP contribution in [0.25, 0.3) is 21.3 Å². The van der Waals surface area contributed by atoms with E-state index < -0.39 is 0 Å². The summed E-state index contributed by atoms with van der Waals surface area (Å²) in [5.74, 6) is 0.968. The molecule has 0 saturated carbocycles. The number of fused-ring (bicyclic) bond motifs is 1. The third-order valence-corrected chi connectivity index (χ3v) is 7.58. The van der Waals surface area contributed by atoms with Gasteiger partial charge in [0.1, 0.15) is 10.6 Å². The third-order valence-electron chi connectivity index (χ3n) is 6.19. The van der Waals surface area contributed by atoms with Crippen molar-refractivity contribution in [3.63, 3.8) is 0 Å². The molecule has 1 aliphatic rings. The van der Waals surface area contributed by atoms with E-state index in [0.29, 0.717) is 5.28 Å². The van der Waals surface area contributed by atoms with E-state index in [9.17, 15) is 0 Å². The first-order valence-electron chi connectivity index (χ1n) is 11.2. The summed E-state index contributed by atoms with van der Waals surface area (Å²) in [7, 11) is 0. The number of hydrogen-bond donors (Lipinski definition) is 0. The molecule has 0 spiro atoms. The van der Waals surface area contributed by atoms with Crippen LogP contribution in [-0.4, -0.2) is 36.1 Å². The lowest BCUT2D eigenvalue weighted by Gasteiger charge is -2.37. The van der Waals surface area contributed by atoms with E-state index in [2.05, 4.69) is 84.1 Å². The van der Waals surface area contributed by atoms with Gasteiger partial charge in [0.05, 0.1) is 5.39 Å². The highest BCUT2D eigenvalue weighted by atomic mass is 35.5. The smallest absolute Gasteiger partial charge is 0.225 e. The van der Waals surface area contributed by atoms with Crippen molar-refractivity contribution in [1.29, 1.82) is 0 Å². The van der Waals surface area contributed by atoms with Crippen molar-refractivity contribution >= 4 is 44.7 Å². The molecule has 0 aliphatic carbocycles. The molecule has 5 rings (SSSR count). The number of aromatic nitrogens is 2. The van der Waals surface area contributed by atoms with Crippen LogP contribution in [0, 0.1) is 13.8 Å². The molecule has 1 saturated heterocycles. The monoisotopic (exact) mass is 462 g/mol. The van der Waals surface area contributed by atoms with Crippen LogP contribution in [0.15, 0.2) is 48.5 Å². The van der Waals surface area contributed by atoms with Gasteiger partial charge in [-0.15, -0.1) is 11.3 Å². The lowest BCUT2D eigenvalue weighted by molar-refractivity contribution is 0.649. The lowest BCUT2D eigenvalue weighted by atomic mass is 10.0. The summed E-state index contributed by atoms with van der Waals surface area (Å²) in [5.41, 5.74) is 6.34. The number of piperazine rings is 1. The molecule has 32 heavy (non-hydrogen) atoms. The van der Waals surface area contributed by atoms with Crippen molar-refractivity contribution < 1.29 is 0 Å². The summed E-state index contributed by atoms with van der Waals surface area (Å²) < 4.78 is 0. The Morgan fingerprint density at radius 3 is 2.31 bits per heavy atom. The van der Waals surface area contributed by atoms with Crippen LogP contribution in [0.2, 0.25) is 5.28 Å². The minimum atomic E-state index is 0.327. The number of anilines is 2. The minimum absolute atomic E-state index is 0.327. The Bertz CT molecular complexity index is 1260. The molecule has 0 radical (unpaired) electrons. The fourth-order valence-corrected chi connectivity index (χ4v) is 5.85. The molecular formula is C26H27ClN4S. The molecule has 164 valence electrons. The van der Waals surface area contributed by atoms with Crippen LogP contribution < -0.4 is 9.80 Å². The van der Waals surface area contributed by atoms with E-state index >= 15 is 0 Å². The molecule has 4 nitrogen and oxygen atoms in total. The molecular weight excluding hydrogens is 436 g/mol. The zero-order valence-electron chi connectivity index (χ0n) is 18.7. The number of benzene rings is 2. The lowest BCUT2D eigenvalue weighted by Crippen LogP contribution is -2.47. The Morgan fingerprint density at radius 1 is 0.906 bits per heavy atom. The summed E-state index contributed by atoms with van der Waals surface area (Å²) in [4.78, 5) is 16.5. The highest BCUT2D eigenvalue weighted by Crippen LogP contribution is 2.43. The summed E-state index contributed by atoms with van der Waals surface area (Å²) in [5, 5.41) is 1.47. The zero-order chi connectivity index (χ0) is 22.2. The second-order valence-corrected chi connectivity index (χ2v) is 9.85. The summed E-state index contributed by atoms with van der Waals surface area (Å²) in [6.45, 7) is 10.2. The highest BCUT2D eigenvalue weighted by Gasteiger charge is 2.25. The summed E-state index contributed by atoms with van der Waals surface area (Å²) >= 11 is 8.15. The molecule has 0 N–H and O–H groups in total. The van der Waals surface area contributed by atoms with Gasteiger partial charge in [0, 0.05) is 42.3 Å². The van der Waals surface area contributed by atoms with Crippen LogP contribution in [0.4, 0.5) is 11.5 Å². The molecule has 2 aromatic heterocycles. The molecule has 0 unspecified atom stereocenters. The standard InChI is InChI=1S/C26H27ClN4S/c1-4-21-22(19-10-8-17(2)9-11-19)23-24(28-26(27)29-25(23)32-21)31-14-12-30(13-15-31)20-7-5-6-18(3)16-20/h5-11,16H,4,12-15H2,1-3H3. The summed E-state index contributed by atoms with van der Waals surface area (Å²) in [6, 6.07) is 17.5. The minimum Gasteiger partial charge on any atom is -0.368 e. The molecule has 2 aromatic carbocycles. The van der Waals surface area contributed by atoms with Crippen molar-refractivity contribution in [2.24, 2.45) is 0 Å². The third kappa shape index (κ3) is 3.96. The maximum Gasteiger partial charge on any atom is 0.225 e. The maximum absolute atomic E-state index is 6.40.